The Morgan fingerprint density at radius 3 is 2.28 bits per heavy atom. The lowest BCUT2D eigenvalue weighted by molar-refractivity contribution is 0.133. The molecule has 0 bridgehead atoms. The molecule has 0 aromatic carbocycles. The van der Waals surface area contributed by atoms with Crippen molar-refractivity contribution in [3.05, 3.63) is 12.2 Å². The summed E-state index contributed by atoms with van der Waals surface area (Å²) in [6.45, 7) is 11.2. The number of rotatable bonds is 3. The summed E-state index contributed by atoms with van der Waals surface area (Å²) in [7, 11) is 0. The molecule has 0 radical (unpaired) electrons. The molecule has 1 nitrogen and oxygen atoms in total. The number of allylic oxidation sites excluding steroid dienone is 2. The maximum absolute atomic E-state index is 2.73. The standard InChI is InChI=1S/C17H31N/c1-17(2,3)13-15-9-11-18(12-10-15)14-16-7-5-4-6-8-16/h4-5,15-16H,6-14H2,1-3H3. The predicted molar refractivity (Wildman–Crippen MR) is 79.7 cm³/mol. The number of piperidine rings is 1. The third-order valence-electron chi connectivity index (χ3n) is 4.50. The second kappa shape index (κ2) is 6.23. The molecule has 1 aliphatic carbocycles. The molecule has 1 fully saturated rings. The van der Waals surface area contributed by atoms with E-state index in [4.69, 9.17) is 0 Å². The van der Waals surface area contributed by atoms with E-state index in [2.05, 4.69) is 37.8 Å². The molecule has 1 heterocycles. The lowest BCUT2D eigenvalue weighted by atomic mass is 9.80. The van der Waals surface area contributed by atoms with Gasteiger partial charge in [-0.25, -0.2) is 0 Å². The van der Waals surface area contributed by atoms with Gasteiger partial charge in [0, 0.05) is 6.54 Å². The molecule has 1 aliphatic heterocycles. The monoisotopic (exact) mass is 249 g/mol. The summed E-state index contributed by atoms with van der Waals surface area (Å²) >= 11 is 0. The summed E-state index contributed by atoms with van der Waals surface area (Å²) in [5.41, 5.74) is 0.515. The highest BCUT2D eigenvalue weighted by Crippen LogP contribution is 2.31. The first-order chi connectivity index (χ1) is 8.53. The number of hydrogen-bond acceptors (Lipinski definition) is 1. The normalized spacial score (nSPS) is 27.6. The van der Waals surface area contributed by atoms with E-state index in [1.165, 1.54) is 58.2 Å². The Balaban J connectivity index is 1.68. The minimum atomic E-state index is 0.515. The van der Waals surface area contributed by atoms with E-state index >= 15 is 0 Å². The van der Waals surface area contributed by atoms with Crippen molar-refractivity contribution in [2.75, 3.05) is 19.6 Å². The summed E-state index contributed by atoms with van der Waals surface area (Å²) in [5, 5.41) is 0. The first-order valence-corrected chi connectivity index (χ1v) is 7.90. The van der Waals surface area contributed by atoms with Crippen LogP contribution in [0.3, 0.4) is 0 Å². The molecule has 1 heteroatoms. The molecule has 1 saturated heterocycles. The van der Waals surface area contributed by atoms with E-state index in [1.54, 1.807) is 0 Å². The maximum Gasteiger partial charge on any atom is 0.00127 e. The van der Waals surface area contributed by atoms with Crippen molar-refractivity contribution in [2.45, 2.75) is 59.3 Å². The van der Waals surface area contributed by atoms with E-state index in [9.17, 15) is 0 Å². The second-order valence-corrected chi connectivity index (χ2v) is 7.66. The van der Waals surface area contributed by atoms with Gasteiger partial charge in [0.1, 0.15) is 0 Å². The minimum absolute atomic E-state index is 0.515. The molecule has 104 valence electrons. The van der Waals surface area contributed by atoms with Gasteiger partial charge in [-0.15, -0.1) is 0 Å². The Labute approximate surface area is 114 Å². The Hall–Kier alpha value is -0.300. The average molecular weight is 249 g/mol. The summed E-state index contributed by atoms with van der Waals surface area (Å²) in [5.74, 6) is 1.92. The van der Waals surface area contributed by atoms with Crippen LogP contribution < -0.4 is 0 Å². The first-order valence-electron chi connectivity index (χ1n) is 7.90. The quantitative estimate of drug-likeness (QED) is 0.666. The summed E-state index contributed by atoms with van der Waals surface area (Å²) in [6, 6.07) is 0. The molecule has 1 atom stereocenters. The van der Waals surface area contributed by atoms with Crippen LogP contribution in [-0.4, -0.2) is 24.5 Å². The molecule has 2 aliphatic rings. The maximum atomic E-state index is 2.73. The van der Waals surface area contributed by atoms with Gasteiger partial charge in [-0.1, -0.05) is 32.9 Å². The molecule has 2 rings (SSSR count). The Morgan fingerprint density at radius 2 is 1.72 bits per heavy atom. The van der Waals surface area contributed by atoms with Crippen LogP contribution in [0.5, 0.6) is 0 Å². The zero-order valence-electron chi connectivity index (χ0n) is 12.6. The fraction of sp³-hybridized carbons (Fsp3) is 0.882. The topological polar surface area (TPSA) is 3.24 Å². The number of hydrogen-bond donors (Lipinski definition) is 0. The largest absolute Gasteiger partial charge is 0.303 e. The van der Waals surface area contributed by atoms with Crippen molar-refractivity contribution in [1.29, 1.82) is 0 Å². The van der Waals surface area contributed by atoms with Crippen molar-refractivity contribution in [3.8, 4) is 0 Å². The Kier molecular flexibility index (Phi) is 4.89. The van der Waals surface area contributed by atoms with Gasteiger partial charge in [0.15, 0.2) is 0 Å². The van der Waals surface area contributed by atoms with Gasteiger partial charge in [0.05, 0.1) is 0 Å². The third-order valence-corrected chi connectivity index (χ3v) is 4.50. The van der Waals surface area contributed by atoms with Crippen LogP contribution in [-0.2, 0) is 0 Å². The Bertz CT molecular complexity index is 266. The molecular weight excluding hydrogens is 218 g/mol. The zero-order valence-corrected chi connectivity index (χ0v) is 12.6. The van der Waals surface area contributed by atoms with Gasteiger partial charge in [-0.3, -0.25) is 0 Å². The lowest BCUT2D eigenvalue weighted by Crippen LogP contribution is -2.38. The summed E-state index contributed by atoms with van der Waals surface area (Å²) in [6.07, 6.45) is 13.1. The van der Waals surface area contributed by atoms with Crippen LogP contribution in [0.25, 0.3) is 0 Å². The molecule has 0 aromatic heterocycles. The fourth-order valence-electron chi connectivity index (χ4n) is 3.63. The number of likely N-dealkylation sites (tertiary alicyclic amines) is 1. The zero-order chi connectivity index (χ0) is 13.0. The molecule has 0 aromatic rings. The van der Waals surface area contributed by atoms with Crippen LogP contribution in [0, 0.1) is 17.3 Å². The van der Waals surface area contributed by atoms with Crippen molar-refractivity contribution in [1.82, 2.24) is 4.90 Å². The van der Waals surface area contributed by atoms with Crippen molar-refractivity contribution >= 4 is 0 Å². The molecule has 0 spiro atoms. The average Bonchev–Trinajstić information content (AvgIpc) is 2.31. The van der Waals surface area contributed by atoms with Gasteiger partial charge in [0.25, 0.3) is 0 Å². The van der Waals surface area contributed by atoms with E-state index in [0.717, 1.165) is 11.8 Å². The SMILES string of the molecule is CC(C)(C)CC1CCN(CC2CC=CCC2)CC1. The van der Waals surface area contributed by atoms with Crippen LogP contribution >= 0.6 is 0 Å². The Morgan fingerprint density at radius 1 is 1.00 bits per heavy atom. The van der Waals surface area contributed by atoms with E-state index < -0.39 is 0 Å². The van der Waals surface area contributed by atoms with Gasteiger partial charge in [0.2, 0.25) is 0 Å². The molecule has 0 amide bonds. The predicted octanol–water partition coefficient (Wildman–Crippen LogP) is 4.49. The van der Waals surface area contributed by atoms with Crippen molar-refractivity contribution < 1.29 is 0 Å². The second-order valence-electron chi connectivity index (χ2n) is 7.66. The minimum Gasteiger partial charge on any atom is -0.303 e. The summed E-state index contributed by atoms with van der Waals surface area (Å²) in [4.78, 5) is 2.73. The van der Waals surface area contributed by atoms with Crippen LogP contribution in [0.2, 0.25) is 0 Å². The van der Waals surface area contributed by atoms with Gasteiger partial charge >= 0.3 is 0 Å². The molecular formula is C17H31N. The highest BCUT2D eigenvalue weighted by Gasteiger charge is 2.25. The highest BCUT2D eigenvalue weighted by atomic mass is 15.1. The first kappa shape index (κ1) is 14.1. The molecule has 0 N–H and O–H groups in total. The fourth-order valence-corrected chi connectivity index (χ4v) is 3.63. The van der Waals surface area contributed by atoms with Crippen LogP contribution in [0.15, 0.2) is 12.2 Å². The van der Waals surface area contributed by atoms with Crippen LogP contribution in [0.4, 0.5) is 0 Å². The molecule has 1 unspecified atom stereocenters. The van der Waals surface area contributed by atoms with E-state index in [-0.39, 0.29) is 0 Å². The van der Waals surface area contributed by atoms with Gasteiger partial charge in [-0.2, -0.15) is 0 Å². The van der Waals surface area contributed by atoms with E-state index in [1.807, 2.05) is 0 Å². The number of nitrogens with zero attached hydrogens (tertiary/aromatic N) is 1. The van der Waals surface area contributed by atoms with Crippen molar-refractivity contribution in [3.63, 3.8) is 0 Å². The van der Waals surface area contributed by atoms with Gasteiger partial charge < -0.3 is 4.90 Å². The third kappa shape index (κ3) is 4.76. The molecule has 18 heavy (non-hydrogen) atoms. The smallest absolute Gasteiger partial charge is 0.00127 e. The lowest BCUT2D eigenvalue weighted by Gasteiger charge is -2.36. The highest BCUT2D eigenvalue weighted by molar-refractivity contribution is 4.91. The van der Waals surface area contributed by atoms with E-state index in [0.29, 0.717) is 5.41 Å². The van der Waals surface area contributed by atoms with Crippen molar-refractivity contribution in [2.24, 2.45) is 17.3 Å². The molecule has 0 saturated carbocycles. The van der Waals surface area contributed by atoms with Crippen LogP contribution in [0.1, 0.15) is 59.3 Å². The van der Waals surface area contributed by atoms with Gasteiger partial charge in [-0.05, 0) is 68.9 Å². The summed E-state index contributed by atoms with van der Waals surface area (Å²) < 4.78 is 0.